The van der Waals surface area contributed by atoms with Crippen LogP contribution in [0.3, 0.4) is 0 Å². The summed E-state index contributed by atoms with van der Waals surface area (Å²) < 4.78 is 78.1. The van der Waals surface area contributed by atoms with Gasteiger partial charge in [-0.25, -0.2) is 0 Å². The van der Waals surface area contributed by atoms with E-state index in [1.807, 2.05) is 34.6 Å². The van der Waals surface area contributed by atoms with Gasteiger partial charge in [0.2, 0.25) is 0 Å². The average molecular weight is 382 g/mol. The second-order valence-electron chi connectivity index (χ2n) is 9.16. The van der Waals surface area contributed by atoms with Crippen LogP contribution in [0.25, 0.3) is 0 Å². The summed E-state index contributed by atoms with van der Waals surface area (Å²) >= 11 is 0. The minimum absolute atomic E-state index is 0.0505. The van der Waals surface area contributed by atoms with E-state index in [9.17, 15) is 31.4 Å². The number of hydrogen-bond acceptors (Lipinski definition) is 1. The highest BCUT2D eigenvalue weighted by molar-refractivity contribution is 5.40. The zero-order valence-electron chi connectivity index (χ0n) is 15.4. The first-order valence-corrected chi connectivity index (χ1v) is 8.34. The van der Waals surface area contributed by atoms with Crippen molar-refractivity contribution in [3.8, 4) is 0 Å². The maximum absolute atomic E-state index is 13.0. The quantitative estimate of drug-likeness (QED) is 0.626. The van der Waals surface area contributed by atoms with Crippen LogP contribution >= 0.6 is 0 Å². The van der Waals surface area contributed by atoms with E-state index in [1.54, 1.807) is 0 Å². The smallest absolute Gasteiger partial charge is 0.369 e. The van der Waals surface area contributed by atoms with Crippen molar-refractivity contribution < 1.29 is 31.4 Å². The first kappa shape index (κ1) is 21.1. The molecule has 1 saturated carbocycles. The molecule has 1 aliphatic carbocycles. The van der Waals surface area contributed by atoms with E-state index in [1.165, 1.54) is 12.1 Å². The van der Waals surface area contributed by atoms with Gasteiger partial charge in [0.15, 0.2) is 0 Å². The van der Waals surface area contributed by atoms with Gasteiger partial charge in [-0.1, -0.05) is 58.9 Å². The highest BCUT2D eigenvalue weighted by Gasteiger charge is 2.71. The average Bonchev–Trinajstić information content (AvgIpc) is 2.95. The van der Waals surface area contributed by atoms with E-state index in [4.69, 9.17) is 0 Å². The van der Waals surface area contributed by atoms with E-state index in [-0.39, 0.29) is 16.2 Å². The summed E-state index contributed by atoms with van der Waals surface area (Å²) in [5.74, 6) is 0. The Labute approximate surface area is 149 Å². The van der Waals surface area contributed by atoms with E-state index in [0.29, 0.717) is 5.56 Å². The summed E-state index contributed by atoms with van der Waals surface area (Å²) in [5.41, 5.74) is -5.83. The summed E-state index contributed by atoms with van der Waals surface area (Å²) in [6, 6.07) is 4.07. The highest BCUT2D eigenvalue weighted by atomic mass is 19.4. The summed E-state index contributed by atoms with van der Waals surface area (Å²) in [5, 5.41) is 9.50. The number of hydrogen-bond donors (Lipinski definition) is 1. The van der Waals surface area contributed by atoms with Crippen LogP contribution in [0, 0.1) is 10.8 Å². The Morgan fingerprint density at radius 3 is 1.54 bits per heavy atom. The number of benzene rings is 1. The fraction of sp³-hybridized carbons (Fsp3) is 0.684. The molecule has 0 spiro atoms. The third-order valence-electron chi connectivity index (χ3n) is 5.42. The molecule has 1 N–H and O–H groups in total. The highest BCUT2D eigenvalue weighted by Crippen LogP contribution is 2.68. The predicted molar refractivity (Wildman–Crippen MR) is 86.6 cm³/mol. The van der Waals surface area contributed by atoms with E-state index >= 15 is 0 Å². The Kier molecular flexibility index (Phi) is 4.56. The van der Waals surface area contributed by atoms with Gasteiger partial charge in [0.1, 0.15) is 0 Å². The van der Waals surface area contributed by atoms with Crippen molar-refractivity contribution in [1.29, 1.82) is 0 Å². The molecule has 0 amide bonds. The van der Waals surface area contributed by atoms with Crippen molar-refractivity contribution in [2.75, 3.05) is 0 Å². The Morgan fingerprint density at radius 2 is 1.27 bits per heavy atom. The second-order valence-corrected chi connectivity index (χ2v) is 9.16. The Morgan fingerprint density at radius 1 is 0.885 bits per heavy atom. The standard InChI is InChI=1S/C19H24F6O/c1-14(2,3)10-16(11-15(16,4)5)12-6-8-13(9-7-12)17(26,18(20,21)22)19(23,24)25/h6-9,26H,10-11H2,1-5H3. The number of rotatable bonds is 3. The fourth-order valence-corrected chi connectivity index (χ4v) is 4.03. The van der Waals surface area contributed by atoms with Crippen LogP contribution in [-0.2, 0) is 11.0 Å². The predicted octanol–water partition coefficient (Wildman–Crippen LogP) is 6.10. The lowest BCUT2D eigenvalue weighted by atomic mass is 9.75. The first-order valence-electron chi connectivity index (χ1n) is 8.34. The number of alkyl halides is 6. The molecule has 1 nitrogen and oxygen atoms in total. The van der Waals surface area contributed by atoms with E-state index in [0.717, 1.165) is 25.0 Å². The number of aliphatic hydroxyl groups is 1. The van der Waals surface area contributed by atoms with Crippen molar-refractivity contribution in [2.45, 2.75) is 70.8 Å². The molecule has 0 radical (unpaired) electrons. The molecule has 2 rings (SSSR count). The molecule has 1 aromatic carbocycles. The molecule has 26 heavy (non-hydrogen) atoms. The molecule has 7 heteroatoms. The molecule has 1 aliphatic rings. The van der Waals surface area contributed by atoms with Gasteiger partial charge in [0.05, 0.1) is 0 Å². The van der Waals surface area contributed by atoms with Crippen LogP contribution in [0.2, 0.25) is 0 Å². The molecule has 1 fully saturated rings. The summed E-state index contributed by atoms with van der Waals surface area (Å²) in [6.45, 7) is 10.2. The van der Waals surface area contributed by atoms with Crippen LogP contribution in [0.15, 0.2) is 24.3 Å². The molecule has 0 bridgehead atoms. The molecule has 0 aliphatic heterocycles. The van der Waals surface area contributed by atoms with Crippen LogP contribution in [0.1, 0.15) is 58.6 Å². The molecule has 0 saturated heterocycles. The lowest BCUT2D eigenvalue weighted by Crippen LogP contribution is -2.53. The van der Waals surface area contributed by atoms with Crippen molar-refractivity contribution >= 4 is 0 Å². The van der Waals surface area contributed by atoms with Crippen LogP contribution in [0.5, 0.6) is 0 Å². The van der Waals surface area contributed by atoms with E-state index in [2.05, 4.69) is 0 Å². The Balaban J connectivity index is 2.48. The van der Waals surface area contributed by atoms with Crippen molar-refractivity contribution in [3.63, 3.8) is 0 Å². The van der Waals surface area contributed by atoms with Gasteiger partial charge in [-0.2, -0.15) is 26.3 Å². The van der Waals surface area contributed by atoms with Gasteiger partial charge in [0, 0.05) is 11.0 Å². The minimum atomic E-state index is -5.87. The molecule has 0 heterocycles. The first-order chi connectivity index (χ1) is 11.4. The second kappa shape index (κ2) is 5.63. The lowest BCUT2D eigenvalue weighted by molar-refractivity contribution is -0.376. The van der Waals surface area contributed by atoms with Gasteiger partial charge in [-0.05, 0) is 29.2 Å². The van der Waals surface area contributed by atoms with Gasteiger partial charge in [0.25, 0.3) is 5.60 Å². The molecular formula is C19H24F6O. The summed E-state index contributed by atoms with van der Waals surface area (Å²) in [4.78, 5) is 0. The molecule has 1 atom stereocenters. The third-order valence-corrected chi connectivity index (χ3v) is 5.42. The van der Waals surface area contributed by atoms with Crippen LogP contribution < -0.4 is 0 Å². The normalized spacial score (nSPS) is 23.8. The number of halogens is 6. The van der Waals surface area contributed by atoms with Crippen molar-refractivity contribution in [1.82, 2.24) is 0 Å². The topological polar surface area (TPSA) is 20.2 Å². The van der Waals surface area contributed by atoms with Crippen LogP contribution in [0.4, 0.5) is 26.3 Å². The van der Waals surface area contributed by atoms with Gasteiger partial charge in [-0.3, -0.25) is 0 Å². The fourth-order valence-electron chi connectivity index (χ4n) is 4.03. The molecule has 0 aromatic heterocycles. The maximum atomic E-state index is 13.0. The molecule has 1 aromatic rings. The molecule has 148 valence electrons. The monoisotopic (exact) mass is 382 g/mol. The van der Waals surface area contributed by atoms with Gasteiger partial charge in [-0.15, -0.1) is 0 Å². The van der Waals surface area contributed by atoms with Crippen molar-refractivity contribution in [3.05, 3.63) is 35.4 Å². The van der Waals surface area contributed by atoms with Gasteiger partial charge < -0.3 is 5.11 Å². The Bertz CT molecular complexity index is 649. The lowest BCUT2D eigenvalue weighted by Gasteiger charge is -2.33. The van der Waals surface area contributed by atoms with E-state index < -0.39 is 23.5 Å². The van der Waals surface area contributed by atoms with Crippen LogP contribution in [-0.4, -0.2) is 17.5 Å². The molecular weight excluding hydrogens is 358 g/mol. The maximum Gasteiger partial charge on any atom is 0.430 e. The SMILES string of the molecule is CC(C)(C)CC1(c2ccc(C(O)(C(F)(F)F)C(F)(F)F)cc2)CC1(C)C. The van der Waals surface area contributed by atoms with Gasteiger partial charge >= 0.3 is 12.4 Å². The Hall–Kier alpha value is -1.24. The molecule has 1 unspecified atom stereocenters. The van der Waals surface area contributed by atoms with Crippen molar-refractivity contribution in [2.24, 2.45) is 10.8 Å². The summed E-state index contributed by atoms with van der Waals surface area (Å²) in [6.07, 6.45) is -10.2. The zero-order chi connectivity index (χ0) is 20.4. The largest absolute Gasteiger partial charge is 0.430 e. The minimum Gasteiger partial charge on any atom is -0.369 e. The third kappa shape index (κ3) is 3.23. The summed E-state index contributed by atoms with van der Waals surface area (Å²) in [7, 11) is 0. The zero-order valence-corrected chi connectivity index (χ0v) is 15.4.